The van der Waals surface area contributed by atoms with E-state index in [0.717, 1.165) is 46.6 Å². The molecule has 1 aliphatic rings. The van der Waals surface area contributed by atoms with Gasteiger partial charge in [-0.1, -0.05) is 11.6 Å². The molecule has 0 fully saturated rings. The molecule has 11 nitrogen and oxygen atoms in total. The molecular weight excluding hydrogens is 496 g/mol. The second kappa shape index (κ2) is 9.03. The van der Waals surface area contributed by atoms with Gasteiger partial charge in [-0.3, -0.25) is 10.1 Å². The first-order chi connectivity index (χ1) is 18.0. The van der Waals surface area contributed by atoms with Crippen LogP contribution in [-0.4, -0.2) is 45.9 Å². The second-order valence-corrected chi connectivity index (χ2v) is 9.05. The third-order valence-corrected chi connectivity index (χ3v) is 6.60. The van der Waals surface area contributed by atoms with Crippen LogP contribution in [0.25, 0.3) is 28.2 Å². The number of aromatic amines is 1. The first-order valence-corrected chi connectivity index (χ1v) is 11.8. The molecule has 0 aliphatic carbocycles. The van der Waals surface area contributed by atoms with E-state index in [0.29, 0.717) is 16.5 Å². The van der Waals surface area contributed by atoms with Crippen LogP contribution in [0.4, 0.5) is 10.5 Å². The van der Waals surface area contributed by atoms with Crippen molar-refractivity contribution in [3.05, 3.63) is 93.9 Å². The summed E-state index contributed by atoms with van der Waals surface area (Å²) < 4.78 is 3.33. The summed E-state index contributed by atoms with van der Waals surface area (Å²) >= 11 is 6.29. The molecule has 2 aromatic carbocycles. The lowest BCUT2D eigenvalue weighted by Crippen LogP contribution is -2.23. The van der Waals surface area contributed by atoms with Gasteiger partial charge in [0.25, 0.3) is 5.56 Å². The van der Waals surface area contributed by atoms with Crippen LogP contribution in [0.2, 0.25) is 5.02 Å². The van der Waals surface area contributed by atoms with E-state index in [9.17, 15) is 9.59 Å². The minimum Gasteiger partial charge on any atom is -0.465 e. The van der Waals surface area contributed by atoms with Crippen molar-refractivity contribution in [3.63, 3.8) is 0 Å². The topological polar surface area (TPSA) is 144 Å². The number of rotatable bonds is 5. The number of carboxylic acid groups (broad SMARTS) is 1. The smallest absolute Gasteiger partial charge is 0.409 e. The number of nitrogens with one attached hydrogen (secondary N) is 2. The lowest BCUT2D eigenvalue weighted by molar-refractivity contribution is 0.209. The van der Waals surface area contributed by atoms with Crippen molar-refractivity contribution in [3.8, 4) is 28.2 Å². The van der Waals surface area contributed by atoms with Crippen molar-refractivity contribution < 1.29 is 9.90 Å². The second-order valence-electron chi connectivity index (χ2n) is 8.61. The van der Waals surface area contributed by atoms with Gasteiger partial charge in [0, 0.05) is 33.6 Å². The van der Waals surface area contributed by atoms with E-state index in [1.165, 1.54) is 11.0 Å². The molecule has 1 aliphatic heterocycles. The van der Waals surface area contributed by atoms with Gasteiger partial charge in [-0.15, -0.1) is 5.10 Å². The van der Waals surface area contributed by atoms with Gasteiger partial charge in [0.15, 0.2) is 0 Å². The van der Waals surface area contributed by atoms with Crippen LogP contribution >= 0.6 is 11.6 Å². The van der Waals surface area contributed by atoms with Crippen molar-refractivity contribution in [2.45, 2.75) is 18.9 Å². The minimum absolute atomic E-state index is 0.127. The predicted octanol–water partition coefficient (Wildman–Crippen LogP) is 4.16. The summed E-state index contributed by atoms with van der Waals surface area (Å²) in [5.41, 5.74) is 5.11. The van der Waals surface area contributed by atoms with Crippen molar-refractivity contribution in [1.29, 1.82) is 0 Å². The predicted molar refractivity (Wildman–Crippen MR) is 136 cm³/mol. The highest BCUT2D eigenvalue weighted by molar-refractivity contribution is 6.31. The van der Waals surface area contributed by atoms with Crippen LogP contribution < -0.4 is 10.9 Å². The molecule has 0 saturated heterocycles. The number of hydrogen-bond acceptors (Lipinski definition) is 6. The van der Waals surface area contributed by atoms with Gasteiger partial charge < -0.3 is 14.7 Å². The average molecular weight is 515 g/mol. The number of benzene rings is 2. The van der Waals surface area contributed by atoms with Crippen molar-refractivity contribution in [1.82, 2.24) is 34.7 Å². The number of H-pyrrole nitrogens is 1. The molecule has 37 heavy (non-hydrogen) atoms. The van der Waals surface area contributed by atoms with Gasteiger partial charge in [-0.25, -0.2) is 9.78 Å². The van der Waals surface area contributed by atoms with E-state index in [2.05, 4.69) is 30.8 Å². The summed E-state index contributed by atoms with van der Waals surface area (Å²) in [5.74, 6) is 0.639. The monoisotopic (exact) mass is 514 g/mol. The number of aryl methyl sites for hydroxylation is 1. The summed E-state index contributed by atoms with van der Waals surface area (Å²) in [6.07, 6.45) is 3.58. The highest BCUT2D eigenvalue weighted by atomic mass is 35.5. The van der Waals surface area contributed by atoms with Crippen LogP contribution in [0.3, 0.4) is 0 Å². The number of imidazole rings is 1. The zero-order valence-electron chi connectivity index (χ0n) is 19.2. The molecule has 12 heteroatoms. The molecule has 5 aromatic rings. The maximum absolute atomic E-state index is 13.4. The molecule has 0 spiro atoms. The summed E-state index contributed by atoms with van der Waals surface area (Å²) in [7, 11) is 0. The highest BCUT2D eigenvalue weighted by Crippen LogP contribution is 2.34. The molecular formula is C25H19ClN8O3. The molecule has 1 atom stereocenters. The fourth-order valence-corrected chi connectivity index (χ4v) is 4.91. The molecule has 184 valence electrons. The Labute approximate surface area is 214 Å². The van der Waals surface area contributed by atoms with Crippen LogP contribution in [0, 0.1) is 0 Å². The normalized spacial score (nSPS) is 14.5. The maximum atomic E-state index is 13.4. The number of anilines is 1. The number of halogens is 1. The van der Waals surface area contributed by atoms with Gasteiger partial charge in [0.2, 0.25) is 0 Å². The van der Waals surface area contributed by atoms with Gasteiger partial charge >= 0.3 is 6.09 Å². The molecule has 1 unspecified atom stereocenters. The standard InChI is InChI=1S/C25H19ClN8O3/c26-16-3-7-21(33-13-28-31-32-33)19(11-16)15-9-18-6-8-22(34(18)23(35)10-15)20-12-27-24(30-20)14-1-4-17(5-2-14)29-25(36)37/h1-5,7,9-13,22,29H,6,8H2,(H,27,30)(H,36,37). The lowest BCUT2D eigenvalue weighted by atomic mass is 10.0. The minimum atomic E-state index is -1.12. The van der Waals surface area contributed by atoms with Crippen LogP contribution in [0.15, 0.2) is 71.9 Å². The summed E-state index contributed by atoms with van der Waals surface area (Å²) in [6, 6.07) is 15.7. The van der Waals surface area contributed by atoms with Crippen molar-refractivity contribution >= 4 is 23.4 Å². The van der Waals surface area contributed by atoms with Gasteiger partial charge in [-0.05, 0) is 77.4 Å². The Hall–Kier alpha value is -4.77. The third kappa shape index (κ3) is 4.25. The van der Waals surface area contributed by atoms with E-state index in [-0.39, 0.29) is 11.6 Å². The van der Waals surface area contributed by atoms with Gasteiger partial charge in [0.1, 0.15) is 12.2 Å². The Bertz CT molecular complexity index is 1680. The SMILES string of the molecule is O=C(O)Nc1ccc(-c2ncc(C3CCc4cc(-c5cc(Cl)ccc5-n5cnnn5)cc(=O)n43)[nH]2)cc1. The number of amides is 1. The molecule has 0 saturated carbocycles. The van der Waals surface area contributed by atoms with Crippen molar-refractivity contribution in [2.24, 2.45) is 0 Å². The fourth-order valence-electron chi connectivity index (χ4n) is 4.74. The number of hydrogen-bond donors (Lipinski definition) is 3. The van der Waals surface area contributed by atoms with E-state index in [1.807, 2.05) is 12.1 Å². The fraction of sp³-hybridized carbons (Fsp3) is 0.120. The number of aromatic nitrogens is 7. The molecule has 3 aromatic heterocycles. The van der Waals surface area contributed by atoms with E-state index in [4.69, 9.17) is 16.7 Å². The number of carbonyl (C=O) groups is 1. The van der Waals surface area contributed by atoms with Gasteiger partial charge in [0.05, 0.1) is 23.6 Å². The van der Waals surface area contributed by atoms with Crippen LogP contribution in [0.5, 0.6) is 0 Å². The van der Waals surface area contributed by atoms with E-state index in [1.54, 1.807) is 53.2 Å². The first-order valence-electron chi connectivity index (χ1n) is 11.4. The number of tetrazole rings is 1. The zero-order valence-corrected chi connectivity index (χ0v) is 19.9. The van der Waals surface area contributed by atoms with E-state index >= 15 is 0 Å². The molecule has 4 heterocycles. The quantitative estimate of drug-likeness (QED) is 0.319. The lowest BCUT2D eigenvalue weighted by Gasteiger charge is -2.15. The van der Waals surface area contributed by atoms with E-state index < -0.39 is 6.09 Å². The number of fused-ring (bicyclic) bond motifs is 1. The molecule has 0 bridgehead atoms. The van der Waals surface area contributed by atoms with Gasteiger partial charge in [-0.2, -0.15) is 4.68 Å². The Balaban J connectivity index is 1.32. The third-order valence-electron chi connectivity index (χ3n) is 6.36. The largest absolute Gasteiger partial charge is 0.465 e. The first kappa shape index (κ1) is 22.7. The number of pyridine rings is 1. The van der Waals surface area contributed by atoms with Crippen LogP contribution in [0.1, 0.15) is 23.9 Å². The molecule has 0 radical (unpaired) electrons. The van der Waals surface area contributed by atoms with Crippen molar-refractivity contribution in [2.75, 3.05) is 5.32 Å². The number of nitrogens with zero attached hydrogens (tertiary/aromatic N) is 6. The Morgan fingerprint density at radius 1 is 1.11 bits per heavy atom. The average Bonchev–Trinajstić information content (AvgIpc) is 3.65. The Morgan fingerprint density at radius 3 is 2.70 bits per heavy atom. The maximum Gasteiger partial charge on any atom is 0.409 e. The zero-order chi connectivity index (χ0) is 25.5. The Morgan fingerprint density at radius 2 is 1.95 bits per heavy atom. The molecule has 3 N–H and O–H groups in total. The van der Waals surface area contributed by atoms with Crippen LogP contribution in [-0.2, 0) is 6.42 Å². The summed E-state index contributed by atoms with van der Waals surface area (Å²) in [6.45, 7) is 0. The molecule has 6 rings (SSSR count). The highest BCUT2D eigenvalue weighted by Gasteiger charge is 2.27. The summed E-state index contributed by atoms with van der Waals surface area (Å²) in [4.78, 5) is 32.0. The Kier molecular flexibility index (Phi) is 5.53. The molecule has 1 amide bonds. The summed E-state index contributed by atoms with van der Waals surface area (Å²) in [5, 5.41) is 23.1.